The van der Waals surface area contributed by atoms with Gasteiger partial charge in [0.15, 0.2) is 6.61 Å². The third-order valence-electron chi connectivity index (χ3n) is 5.74. The van der Waals surface area contributed by atoms with Crippen LogP contribution in [0.5, 0.6) is 11.5 Å². The number of hydrogen-bond donors (Lipinski definition) is 2. The maximum atomic E-state index is 13.1. The lowest BCUT2D eigenvalue weighted by Gasteiger charge is -2.26. The Balaban J connectivity index is 1.42. The smallest absolute Gasteiger partial charge is 0.335 e. The van der Waals surface area contributed by atoms with Crippen LogP contribution in [-0.4, -0.2) is 37.0 Å². The topological polar surface area (TPSA) is 114 Å². The lowest BCUT2D eigenvalue weighted by molar-refractivity contribution is -0.122. The Kier molecular flexibility index (Phi) is 7.86. The van der Waals surface area contributed by atoms with Crippen molar-refractivity contribution in [3.63, 3.8) is 0 Å². The summed E-state index contributed by atoms with van der Waals surface area (Å²) in [4.78, 5) is 51.1. The van der Waals surface area contributed by atoms with E-state index in [4.69, 9.17) is 9.47 Å². The number of carbonyl (C=O) groups excluding carboxylic acids is 4. The molecule has 0 unspecified atom stereocenters. The van der Waals surface area contributed by atoms with Crippen LogP contribution in [0.4, 0.5) is 16.2 Å². The molecule has 1 aliphatic heterocycles. The Morgan fingerprint density at radius 3 is 2.26 bits per heavy atom. The molecule has 4 rings (SSSR count). The van der Waals surface area contributed by atoms with Crippen molar-refractivity contribution < 1.29 is 28.7 Å². The van der Waals surface area contributed by atoms with E-state index in [1.165, 1.54) is 6.08 Å². The Morgan fingerprint density at radius 1 is 0.921 bits per heavy atom. The minimum Gasteiger partial charge on any atom is -0.494 e. The van der Waals surface area contributed by atoms with E-state index in [0.29, 0.717) is 29.4 Å². The van der Waals surface area contributed by atoms with Crippen LogP contribution in [0.15, 0.2) is 72.3 Å². The molecule has 38 heavy (non-hydrogen) atoms. The standard InChI is InChI=1S/C29H27N3O6/c1-4-37-22-13-9-21(10-14-22)32-28(35)24(27(34)31-29(32)36)16-20-7-11-23(12-8-20)38-17-26(33)30-25-15-18(2)5-6-19(25)3/h5-16H,4,17H2,1-3H3,(H,30,33)(H,31,34,36)/b24-16+. The van der Waals surface area contributed by atoms with Crippen molar-refractivity contribution >= 4 is 41.2 Å². The molecule has 0 atom stereocenters. The van der Waals surface area contributed by atoms with Crippen LogP contribution in [0, 0.1) is 13.8 Å². The van der Waals surface area contributed by atoms with Gasteiger partial charge in [-0.2, -0.15) is 0 Å². The molecule has 0 radical (unpaired) electrons. The van der Waals surface area contributed by atoms with Gasteiger partial charge in [-0.25, -0.2) is 9.69 Å². The second-order valence-corrected chi connectivity index (χ2v) is 8.61. The molecule has 5 amide bonds. The lowest BCUT2D eigenvalue weighted by atomic mass is 10.1. The molecule has 9 nitrogen and oxygen atoms in total. The summed E-state index contributed by atoms with van der Waals surface area (Å²) in [5.41, 5.74) is 3.36. The zero-order valence-electron chi connectivity index (χ0n) is 21.2. The predicted octanol–water partition coefficient (Wildman–Crippen LogP) is 4.39. The van der Waals surface area contributed by atoms with Crippen LogP contribution in [0.3, 0.4) is 0 Å². The van der Waals surface area contributed by atoms with E-state index >= 15 is 0 Å². The highest BCUT2D eigenvalue weighted by molar-refractivity contribution is 6.39. The first-order chi connectivity index (χ1) is 18.2. The average molecular weight is 514 g/mol. The third-order valence-corrected chi connectivity index (χ3v) is 5.74. The number of amides is 5. The molecule has 1 aliphatic rings. The normalized spacial score (nSPS) is 14.3. The molecule has 0 bridgehead atoms. The Bertz CT molecular complexity index is 1410. The summed E-state index contributed by atoms with van der Waals surface area (Å²) in [7, 11) is 0. The van der Waals surface area contributed by atoms with E-state index in [0.717, 1.165) is 21.7 Å². The molecular formula is C29H27N3O6. The zero-order chi connectivity index (χ0) is 27.2. The van der Waals surface area contributed by atoms with E-state index in [2.05, 4.69) is 10.6 Å². The molecule has 2 N–H and O–H groups in total. The van der Waals surface area contributed by atoms with Gasteiger partial charge in [-0.1, -0.05) is 24.3 Å². The van der Waals surface area contributed by atoms with Crippen LogP contribution >= 0.6 is 0 Å². The van der Waals surface area contributed by atoms with Gasteiger partial charge in [-0.05, 0) is 86.0 Å². The minimum atomic E-state index is -0.829. The van der Waals surface area contributed by atoms with Gasteiger partial charge in [-0.3, -0.25) is 19.7 Å². The molecule has 9 heteroatoms. The SMILES string of the molecule is CCOc1ccc(N2C(=O)NC(=O)/C(=C\c3ccc(OCC(=O)Nc4cc(C)ccc4C)cc3)C2=O)cc1. The number of ether oxygens (including phenoxy) is 2. The Hall–Kier alpha value is -4.92. The van der Waals surface area contributed by atoms with Gasteiger partial charge >= 0.3 is 6.03 Å². The predicted molar refractivity (Wildman–Crippen MR) is 143 cm³/mol. The summed E-state index contributed by atoms with van der Waals surface area (Å²) in [5, 5.41) is 5.03. The fraction of sp³-hybridized carbons (Fsp3) is 0.172. The van der Waals surface area contributed by atoms with E-state index in [1.54, 1.807) is 48.5 Å². The fourth-order valence-corrected chi connectivity index (χ4v) is 3.78. The Labute approximate surface area is 220 Å². The minimum absolute atomic E-state index is 0.187. The number of nitrogens with zero attached hydrogens (tertiary/aromatic N) is 1. The van der Waals surface area contributed by atoms with Gasteiger partial charge in [0, 0.05) is 5.69 Å². The van der Waals surface area contributed by atoms with E-state index in [9.17, 15) is 19.2 Å². The second kappa shape index (κ2) is 11.4. The highest BCUT2D eigenvalue weighted by Gasteiger charge is 2.36. The number of barbiturate groups is 1. The highest BCUT2D eigenvalue weighted by atomic mass is 16.5. The van der Waals surface area contributed by atoms with Gasteiger partial charge in [0.2, 0.25) is 0 Å². The molecule has 0 saturated carbocycles. The van der Waals surface area contributed by atoms with Gasteiger partial charge in [0.05, 0.1) is 12.3 Å². The van der Waals surface area contributed by atoms with E-state index in [1.807, 2.05) is 39.0 Å². The molecule has 1 saturated heterocycles. The van der Waals surface area contributed by atoms with Gasteiger partial charge < -0.3 is 14.8 Å². The summed E-state index contributed by atoms with van der Waals surface area (Å²) in [6.45, 7) is 6.00. The van der Waals surface area contributed by atoms with Crippen molar-refractivity contribution in [2.45, 2.75) is 20.8 Å². The van der Waals surface area contributed by atoms with Crippen LogP contribution in [0.25, 0.3) is 6.08 Å². The van der Waals surface area contributed by atoms with Gasteiger partial charge in [0.1, 0.15) is 17.1 Å². The highest BCUT2D eigenvalue weighted by Crippen LogP contribution is 2.25. The second-order valence-electron chi connectivity index (χ2n) is 8.61. The van der Waals surface area contributed by atoms with Crippen molar-refractivity contribution in [3.05, 3.63) is 89.0 Å². The van der Waals surface area contributed by atoms with Crippen LogP contribution in [-0.2, 0) is 14.4 Å². The first-order valence-corrected chi connectivity index (χ1v) is 12.0. The molecule has 1 fully saturated rings. The summed E-state index contributed by atoms with van der Waals surface area (Å²) >= 11 is 0. The number of aryl methyl sites for hydroxylation is 2. The molecule has 3 aromatic carbocycles. The number of benzene rings is 3. The fourth-order valence-electron chi connectivity index (χ4n) is 3.78. The molecule has 0 spiro atoms. The van der Waals surface area contributed by atoms with Gasteiger partial charge in [-0.15, -0.1) is 0 Å². The first kappa shape index (κ1) is 26.2. The third kappa shape index (κ3) is 6.07. The maximum absolute atomic E-state index is 13.1. The number of rotatable bonds is 8. The van der Waals surface area contributed by atoms with Crippen molar-refractivity contribution in [2.24, 2.45) is 0 Å². The maximum Gasteiger partial charge on any atom is 0.335 e. The van der Waals surface area contributed by atoms with Crippen LogP contribution in [0.2, 0.25) is 0 Å². The Morgan fingerprint density at radius 2 is 1.58 bits per heavy atom. The molecule has 3 aromatic rings. The summed E-state index contributed by atoms with van der Waals surface area (Å²) in [6, 6.07) is 17.9. The number of imide groups is 2. The summed E-state index contributed by atoms with van der Waals surface area (Å²) in [6.07, 6.45) is 1.39. The molecule has 0 aliphatic carbocycles. The van der Waals surface area contributed by atoms with E-state index < -0.39 is 17.8 Å². The largest absolute Gasteiger partial charge is 0.494 e. The molecular weight excluding hydrogens is 486 g/mol. The van der Waals surface area contributed by atoms with Crippen molar-refractivity contribution in [2.75, 3.05) is 23.4 Å². The summed E-state index contributed by atoms with van der Waals surface area (Å²) in [5.74, 6) is -0.794. The average Bonchev–Trinajstić information content (AvgIpc) is 2.89. The number of anilines is 2. The monoisotopic (exact) mass is 513 g/mol. The first-order valence-electron chi connectivity index (χ1n) is 12.0. The zero-order valence-corrected chi connectivity index (χ0v) is 21.2. The number of nitrogens with one attached hydrogen (secondary N) is 2. The van der Waals surface area contributed by atoms with Crippen LogP contribution < -0.4 is 25.0 Å². The van der Waals surface area contributed by atoms with Crippen molar-refractivity contribution in [3.8, 4) is 11.5 Å². The van der Waals surface area contributed by atoms with Crippen LogP contribution in [0.1, 0.15) is 23.6 Å². The molecule has 194 valence electrons. The van der Waals surface area contributed by atoms with E-state index in [-0.39, 0.29) is 18.1 Å². The molecule has 1 heterocycles. The quantitative estimate of drug-likeness (QED) is 0.341. The van der Waals surface area contributed by atoms with Crippen molar-refractivity contribution in [1.29, 1.82) is 0 Å². The van der Waals surface area contributed by atoms with Crippen molar-refractivity contribution in [1.82, 2.24) is 5.32 Å². The number of urea groups is 1. The molecule has 0 aromatic heterocycles. The summed E-state index contributed by atoms with van der Waals surface area (Å²) < 4.78 is 11.0. The lowest BCUT2D eigenvalue weighted by Crippen LogP contribution is -2.54. The number of carbonyl (C=O) groups is 4. The number of hydrogen-bond acceptors (Lipinski definition) is 6. The van der Waals surface area contributed by atoms with Gasteiger partial charge in [0.25, 0.3) is 17.7 Å².